The maximum atomic E-state index is 12.2. The Hall–Kier alpha value is -4.18. The van der Waals surface area contributed by atoms with Crippen LogP contribution in [0.1, 0.15) is 84.5 Å². The van der Waals surface area contributed by atoms with Crippen molar-refractivity contribution in [3.63, 3.8) is 0 Å². The van der Waals surface area contributed by atoms with Crippen molar-refractivity contribution in [3.05, 3.63) is 130 Å². The average Bonchev–Trinajstić information content (AvgIpc) is 2.91. The Labute approximate surface area is 239 Å². The Balaban J connectivity index is 0.000000220. The van der Waals surface area contributed by atoms with E-state index in [1.54, 1.807) is 0 Å². The Morgan fingerprint density at radius 1 is 0.475 bits per heavy atom. The molecule has 0 aliphatic carbocycles. The molecule has 0 atom stereocenters. The number of carbonyl (C=O) groups is 2. The molecule has 0 saturated carbocycles. The van der Waals surface area contributed by atoms with Crippen molar-refractivity contribution in [2.75, 3.05) is 10.6 Å². The van der Waals surface area contributed by atoms with Crippen molar-refractivity contribution in [3.8, 4) is 0 Å². The summed E-state index contributed by atoms with van der Waals surface area (Å²) in [5.74, 6) is -0.139. The number of amides is 2. The van der Waals surface area contributed by atoms with E-state index in [1.165, 1.54) is 11.1 Å². The molecule has 2 amide bonds. The minimum absolute atomic E-state index is 0.0697. The van der Waals surface area contributed by atoms with E-state index in [0.29, 0.717) is 11.1 Å². The molecule has 4 aromatic rings. The fraction of sp³-hybridized carbons (Fsp3) is 0.278. The number of hydrogen-bond donors (Lipinski definition) is 2. The van der Waals surface area contributed by atoms with Gasteiger partial charge in [-0.1, -0.05) is 102 Å². The second-order valence-electron chi connectivity index (χ2n) is 12.2. The average molecular weight is 535 g/mol. The fourth-order valence-electron chi connectivity index (χ4n) is 4.06. The minimum Gasteiger partial charge on any atom is -0.322 e. The van der Waals surface area contributed by atoms with Gasteiger partial charge >= 0.3 is 0 Å². The summed E-state index contributed by atoms with van der Waals surface area (Å²) in [6, 6.07) is 31.2. The maximum Gasteiger partial charge on any atom is 0.255 e. The van der Waals surface area contributed by atoms with Crippen LogP contribution in [0.3, 0.4) is 0 Å². The van der Waals surface area contributed by atoms with Gasteiger partial charge in [0.2, 0.25) is 0 Å². The Morgan fingerprint density at radius 3 is 1.05 bits per heavy atom. The smallest absolute Gasteiger partial charge is 0.255 e. The Morgan fingerprint density at radius 2 is 0.775 bits per heavy atom. The van der Waals surface area contributed by atoms with Gasteiger partial charge in [0.1, 0.15) is 0 Å². The Bertz CT molecular complexity index is 1330. The SMILES string of the molecule is Cc1ccccc1NC(=O)c1ccc(C(C)(C)C)cc1.Cc1ccccc1NC(=O)c1ccc(C(C)(C)C)cc1. The largest absolute Gasteiger partial charge is 0.322 e. The highest BCUT2D eigenvalue weighted by molar-refractivity contribution is 6.05. The summed E-state index contributed by atoms with van der Waals surface area (Å²) in [5, 5.41) is 5.89. The van der Waals surface area contributed by atoms with Crippen LogP contribution in [0.25, 0.3) is 0 Å². The summed E-state index contributed by atoms with van der Waals surface area (Å²) in [4.78, 5) is 24.4. The number of aryl methyl sites for hydroxylation is 2. The molecule has 0 bridgehead atoms. The number of rotatable bonds is 4. The first kappa shape index (κ1) is 30.4. The van der Waals surface area contributed by atoms with E-state index in [2.05, 4.69) is 52.2 Å². The van der Waals surface area contributed by atoms with Crippen molar-refractivity contribution in [2.45, 2.75) is 66.2 Å². The van der Waals surface area contributed by atoms with E-state index in [0.717, 1.165) is 22.5 Å². The van der Waals surface area contributed by atoms with E-state index in [4.69, 9.17) is 0 Å². The van der Waals surface area contributed by atoms with E-state index in [-0.39, 0.29) is 22.6 Å². The molecule has 0 radical (unpaired) electrons. The molecule has 208 valence electrons. The molecule has 0 aliphatic heterocycles. The van der Waals surface area contributed by atoms with Crippen LogP contribution >= 0.6 is 0 Å². The first-order valence-corrected chi connectivity index (χ1v) is 13.7. The van der Waals surface area contributed by atoms with Crippen LogP contribution in [0, 0.1) is 13.8 Å². The van der Waals surface area contributed by atoms with Gasteiger partial charge in [0.15, 0.2) is 0 Å². The number of anilines is 2. The lowest BCUT2D eigenvalue weighted by molar-refractivity contribution is 0.101. The molecule has 0 saturated heterocycles. The first-order valence-electron chi connectivity index (χ1n) is 13.7. The molecule has 0 aliphatic rings. The van der Waals surface area contributed by atoms with Crippen LogP contribution in [0.15, 0.2) is 97.1 Å². The van der Waals surface area contributed by atoms with Crippen LogP contribution in [0.4, 0.5) is 11.4 Å². The predicted molar refractivity (Wildman–Crippen MR) is 169 cm³/mol. The zero-order valence-electron chi connectivity index (χ0n) is 25.1. The lowest BCUT2D eigenvalue weighted by atomic mass is 9.86. The maximum absolute atomic E-state index is 12.2. The van der Waals surface area contributed by atoms with Gasteiger partial charge in [-0.05, 0) is 83.3 Å². The lowest BCUT2D eigenvalue weighted by Crippen LogP contribution is -2.14. The summed E-state index contributed by atoms with van der Waals surface area (Å²) in [6.07, 6.45) is 0. The summed E-state index contributed by atoms with van der Waals surface area (Å²) in [5.41, 5.74) is 7.86. The van der Waals surface area contributed by atoms with Crippen LogP contribution in [-0.4, -0.2) is 11.8 Å². The van der Waals surface area contributed by atoms with Gasteiger partial charge in [0.05, 0.1) is 0 Å². The normalized spacial score (nSPS) is 11.2. The molecule has 0 heterocycles. The van der Waals surface area contributed by atoms with Crippen molar-refractivity contribution in [1.29, 1.82) is 0 Å². The number of benzene rings is 4. The summed E-state index contributed by atoms with van der Waals surface area (Å²) < 4.78 is 0. The highest BCUT2D eigenvalue weighted by atomic mass is 16.2. The molecule has 0 spiro atoms. The zero-order valence-corrected chi connectivity index (χ0v) is 25.1. The molecular formula is C36H42N2O2. The monoisotopic (exact) mass is 534 g/mol. The number of carbonyl (C=O) groups excluding carboxylic acids is 2. The topological polar surface area (TPSA) is 58.2 Å². The van der Waals surface area contributed by atoms with E-state index in [9.17, 15) is 9.59 Å². The van der Waals surface area contributed by atoms with E-state index < -0.39 is 0 Å². The zero-order chi connectivity index (χ0) is 29.5. The second kappa shape index (κ2) is 12.8. The number of hydrogen-bond acceptors (Lipinski definition) is 2. The molecule has 4 aromatic carbocycles. The van der Waals surface area contributed by atoms with Gasteiger partial charge in [0.25, 0.3) is 11.8 Å². The Kier molecular flexibility index (Phi) is 9.70. The molecular weight excluding hydrogens is 492 g/mol. The van der Waals surface area contributed by atoms with Crippen molar-refractivity contribution in [1.82, 2.24) is 0 Å². The second-order valence-corrected chi connectivity index (χ2v) is 12.2. The molecule has 4 nitrogen and oxygen atoms in total. The fourth-order valence-corrected chi connectivity index (χ4v) is 4.06. The van der Waals surface area contributed by atoms with E-state index in [1.807, 2.05) is 111 Å². The molecule has 4 rings (SSSR count). The lowest BCUT2D eigenvalue weighted by Gasteiger charge is -2.19. The molecule has 40 heavy (non-hydrogen) atoms. The van der Waals surface area contributed by atoms with Crippen LogP contribution in [0.5, 0.6) is 0 Å². The minimum atomic E-state index is -0.0697. The van der Waals surface area contributed by atoms with Crippen molar-refractivity contribution < 1.29 is 9.59 Å². The third-order valence-corrected chi connectivity index (χ3v) is 6.81. The number of para-hydroxylation sites is 2. The highest BCUT2D eigenvalue weighted by Crippen LogP contribution is 2.24. The highest BCUT2D eigenvalue weighted by Gasteiger charge is 2.15. The summed E-state index contributed by atoms with van der Waals surface area (Å²) in [7, 11) is 0. The number of nitrogens with one attached hydrogen (secondary N) is 2. The van der Waals surface area contributed by atoms with Crippen molar-refractivity contribution >= 4 is 23.2 Å². The van der Waals surface area contributed by atoms with Crippen LogP contribution in [0.2, 0.25) is 0 Å². The predicted octanol–water partition coefficient (Wildman–Crippen LogP) is 9.09. The summed E-state index contributed by atoms with van der Waals surface area (Å²) >= 11 is 0. The quantitative estimate of drug-likeness (QED) is 0.274. The van der Waals surface area contributed by atoms with Crippen molar-refractivity contribution in [2.24, 2.45) is 0 Å². The summed E-state index contributed by atoms with van der Waals surface area (Å²) in [6.45, 7) is 16.9. The standard InChI is InChI=1S/2C18H21NO/c2*1-13-7-5-6-8-16(13)19-17(20)14-9-11-15(12-10-14)18(2,3)4/h2*5-12H,1-4H3,(H,19,20). The first-order chi connectivity index (χ1) is 18.8. The molecule has 0 fully saturated rings. The van der Waals surface area contributed by atoms with Gasteiger partial charge in [-0.2, -0.15) is 0 Å². The van der Waals surface area contributed by atoms with Gasteiger partial charge in [-0.3, -0.25) is 9.59 Å². The van der Waals surface area contributed by atoms with Gasteiger partial charge in [-0.15, -0.1) is 0 Å². The van der Waals surface area contributed by atoms with Gasteiger partial charge in [-0.25, -0.2) is 0 Å². The van der Waals surface area contributed by atoms with Gasteiger partial charge in [0, 0.05) is 22.5 Å². The van der Waals surface area contributed by atoms with Gasteiger partial charge < -0.3 is 10.6 Å². The van der Waals surface area contributed by atoms with Crippen LogP contribution in [-0.2, 0) is 10.8 Å². The molecule has 0 unspecified atom stereocenters. The molecule has 0 aromatic heterocycles. The third-order valence-electron chi connectivity index (χ3n) is 6.81. The third kappa shape index (κ3) is 8.41. The molecule has 2 N–H and O–H groups in total. The van der Waals surface area contributed by atoms with Crippen LogP contribution < -0.4 is 10.6 Å². The molecule has 4 heteroatoms. The van der Waals surface area contributed by atoms with E-state index >= 15 is 0 Å².